The Hall–Kier alpha value is -1.42. The van der Waals surface area contributed by atoms with Crippen LogP contribution in [-0.2, 0) is 4.79 Å². The number of likely N-dealkylation sites (tertiary alicyclic amines) is 1. The average Bonchev–Trinajstić information content (AvgIpc) is 2.93. The lowest BCUT2D eigenvalue weighted by Crippen LogP contribution is -2.48. The van der Waals surface area contributed by atoms with Crippen LogP contribution in [0.3, 0.4) is 0 Å². The van der Waals surface area contributed by atoms with Gasteiger partial charge in [0.2, 0.25) is 0 Å². The van der Waals surface area contributed by atoms with Crippen LogP contribution in [0.1, 0.15) is 48.9 Å². The minimum atomic E-state index is -0.0631. The number of hydrogen-bond donors (Lipinski definition) is 0. The van der Waals surface area contributed by atoms with Gasteiger partial charge in [0.1, 0.15) is 5.78 Å². The van der Waals surface area contributed by atoms with Gasteiger partial charge in [-0.1, -0.05) is 11.6 Å². The highest BCUT2D eigenvalue weighted by Gasteiger charge is 2.39. The van der Waals surface area contributed by atoms with Crippen LogP contribution in [0.25, 0.3) is 0 Å². The van der Waals surface area contributed by atoms with Gasteiger partial charge in [-0.3, -0.25) is 14.6 Å². The first-order chi connectivity index (χ1) is 10.2. The van der Waals surface area contributed by atoms with Crippen molar-refractivity contribution in [3.05, 3.63) is 29.0 Å². The van der Waals surface area contributed by atoms with Crippen molar-refractivity contribution >= 4 is 23.3 Å². The van der Waals surface area contributed by atoms with Crippen molar-refractivity contribution in [3.8, 4) is 0 Å². The first-order valence-electron chi connectivity index (χ1n) is 7.61. The molecule has 3 rings (SSSR count). The van der Waals surface area contributed by atoms with Crippen LogP contribution in [0.5, 0.6) is 0 Å². The van der Waals surface area contributed by atoms with Gasteiger partial charge in [0.05, 0.1) is 10.6 Å². The van der Waals surface area contributed by atoms with E-state index in [1.165, 1.54) is 6.20 Å². The summed E-state index contributed by atoms with van der Waals surface area (Å²) in [6.07, 6.45) is 8.61. The predicted molar refractivity (Wildman–Crippen MR) is 80.3 cm³/mol. The number of amides is 1. The highest BCUT2D eigenvalue weighted by Crippen LogP contribution is 2.33. The molecule has 112 valence electrons. The zero-order valence-electron chi connectivity index (χ0n) is 11.9. The van der Waals surface area contributed by atoms with E-state index in [0.717, 1.165) is 32.1 Å². The lowest BCUT2D eigenvalue weighted by molar-refractivity contribution is -0.122. The number of nitrogens with zero attached hydrogens (tertiary/aromatic N) is 2. The largest absolute Gasteiger partial charge is 0.335 e. The second-order valence-corrected chi connectivity index (χ2v) is 6.29. The first kappa shape index (κ1) is 14.5. The predicted octanol–water partition coefficient (Wildman–Crippen LogP) is 3.10. The normalized spacial score (nSPS) is 26.1. The van der Waals surface area contributed by atoms with E-state index in [1.807, 2.05) is 4.90 Å². The fourth-order valence-electron chi connectivity index (χ4n) is 3.58. The average molecular weight is 307 g/mol. The van der Waals surface area contributed by atoms with Gasteiger partial charge >= 0.3 is 0 Å². The van der Waals surface area contributed by atoms with Gasteiger partial charge in [-0.05, 0) is 38.2 Å². The van der Waals surface area contributed by atoms with E-state index >= 15 is 0 Å². The first-order valence-corrected chi connectivity index (χ1v) is 7.99. The molecule has 21 heavy (non-hydrogen) atoms. The molecule has 0 radical (unpaired) electrons. The molecule has 1 aromatic rings. The number of ketones is 1. The van der Waals surface area contributed by atoms with Crippen molar-refractivity contribution in [1.29, 1.82) is 0 Å². The number of carbonyl (C=O) groups excluding carboxylic acids is 2. The van der Waals surface area contributed by atoms with Crippen LogP contribution in [0.2, 0.25) is 5.02 Å². The number of pyridine rings is 1. The Balaban J connectivity index is 1.86. The third-order valence-corrected chi connectivity index (χ3v) is 4.93. The molecule has 4 nitrogen and oxygen atoms in total. The Morgan fingerprint density at radius 3 is 2.86 bits per heavy atom. The van der Waals surface area contributed by atoms with Crippen molar-refractivity contribution in [2.45, 2.75) is 44.6 Å². The molecule has 1 amide bonds. The fraction of sp³-hybridized carbons (Fsp3) is 0.562. The molecule has 2 aliphatic rings. The topological polar surface area (TPSA) is 50.3 Å². The van der Waals surface area contributed by atoms with Gasteiger partial charge in [-0.25, -0.2) is 0 Å². The maximum absolute atomic E-state index is 12.8. The van der Waals surface area contributed by atoms with Gasteiger partial charge in [0.15, 0.2) is 0 Å². The summed E-state index contributed by atoms with van der Waals surface area (Å²) in [5.74, 6) is 0.280. The zero-order valence-corrected chi connectivity index (χ0v) is 12.7. The summed E-state index contributed by atoms with van der Waals surface area (Å²) in [5.41, 5.74) is 0.490. The van der Waals surface area contributed by atoms with E-state index in [0.29, 0.717) is 29.3 Å². The van der Waals surface area contributed by atoms with E-state index in [4.69, 9.17) is 11.6 Å². The molecule has 0 N–H and O–H groups in total. The van der Waals surface area contributed by atoms with Crippen molar-refractivity contribution in [2.75, 3.05) is 6.54 Å². The van der Waals surface area contributed by atoms with Crippen LogP contribution >= 0.6 is 11.6 Å². The molecule has 0 spiro atoms. The molecule has 2 unspecified atom stereocenters. The lowest BCUT2D eigenvalue weighted by atomic mass is 9.88. The highest BCUT2D eigenvalue weighted by molar-refractivity contribution is 6.33. The maximum Gasteiger partial charge on any atom is 0.255 e. The third-order valence-electron chi connectivity index (χ3n) is 4.63. The minimum Gasteiger partial charge on any atom is -0.335 e. The molecule has 1 aliphatic heterocycles. The van der Waals surface area contributed by atoms with Crippen molar-refractivity contribution in [1.82, 2.24) is 9.88 Å². The number of halogens is 1. The second-order valence-electron chi connectivity index (χ2n) is 5.88. The Labute approximate surface area is 129 Å². The molecule has 2 atom stereocenters. The number of aromatic nitrogens is 1. The third kappa shape index (κ3) is 2.82. The van der Waals surface area contributed by atoms with E-state index in [9.17, 15) is 9.59 Å². The van der Waals surface area contributed by atoms with Gasteiger partial charge in [0, 0.05) is 37.3 Å². The number of Topliss-reactive ketones (excluding diaryl/α,β-unsaturated/α-hetero) is 1. The molecular weight excluding hydrogens is 288 g/mol. The summed E-state index contributed by atoms with van der Waals surface area (Å²) in [4.78, 5) is 30.7. The van der Waals surface area contributed by atoms with Crippen LogP contribution in [0, 0.1) is 5.92 Å². The van der Waals surface area contributed by atoms with Crippen molar-refractivity contribution in [3.63, 3.8) is 0 Å². The molecule has 1 saturated carbocycles. The fourth-order valence-corrected chi connectivity index (χ4v) is 3.78. The number of hydrogen-bond acceptors (Lipinski definition) is 3. The minimum absolute atomic E-state index is 0.0230. The molecule has 2 heterocycles. The number of rotatable bonds is 2. The molecule has 1 saturated heterocycles. The Morgan fingerprint density at radius 2 is 2.14 bits per heavy atom. The standard InChI is InChI=1S/C16H19ClN2O2/c17-13-10-18-8-7-11(13)16(21)19-9-2-1-5-14(19)12-4-3-6-15(12)20/h7-8,10,12,14H,1-6,9H2. The van der Waals surface area contributed by atoms with Crippen molar-refractivity contribution in [2.24, 2.45) is 5.92 Å². The van der Waals surface area contributed by atoms with Crippen LogP contribution in [0.15, 0.2) is 18.5 Å². The quantitative estimate of drug-likeness (QED) is 0.843. The van der Waals surface area contributed by atoms with Crippen LogP contribution < -0.4 is 0 Å². The van der Waals surface area contributed by atoms with Gasteiger partial charge in [-0.15, -0.1) is 0 Å². The lowest BCUT2D eigenvalue weighted by Gasteiger charge is -2.39. The van der Waals surface area contributed by atoms with Crippen LogP contribution in [-0.4, -0.2) is 34.2 Å². The Kier molecular flexibility index (Phi) is 4.24. The summed E-state index contributed by atoms with van der Waals surface area (Å²) in [6, 6.07) is 1.71. The molecule has 1 aromatic heterocycles. The molecule has 0 bridgehead atoms. The summed E-state index contributed by atoms with van der Waals surface area (Å²) in [7, 11) is 0. The zero-order chi connectivity index (χ0) is 14.8. The second kappa shape index (κ2) is 6.14. The van der Waals surface area contributed by atoms with E-state index in [2.05, 4.69) is 4.98 Å². The smallest absolute Gasteiger partial charge is 0.255 e. The Bertz CT molecular complexity index is 561. The monoisotopic (exact) mass is 306 g/mol. The molecule has 2 fully saturated rings. The molecule has 5 heteroatoms. The maximum atomic E-state index is 12.8. The van der Waals surface area contributed by atoms with Gasteiger partial charge in [-0.2, -0.15) is 0 Å². The summed E-state index contributed by atoms with van der Waals surface area (Å²) >= 11 is 6.10. The number of carbonyl (C=O) groups is 2. The summed E-state index contributed by atoms with van der Waals surface area (Å²) < 4.78 is 0. The van der Waals surface area contributed by atoms with Gasteiger partial charge < -0.3 is 4.90 Å². The number of piperidine rings is 1. The van der Waals surface area contributed by atoms with E-state index < -0.39 is 0 Å². The summed E-state index contributed by atoms with van der Waals surface area (Å²) in [5, 5.41) is 0.379. The van der Waals surface area contributed by atoms with Crippen LogP contribution in [0.4, 0.5) is 0 Å². The molecule has 0 aromatic carbocycles. The van der Waals surface area contributed by atoms with E-state index in [-0.39, 0.29) is 17.9 Å². The van der Waals surface area contributed by atoms with Crippen molar-refractivity contribution < 1.29 is 9.59 Å². The molecular formula is C16H19ClN2O2. The highest BCUT2D eigenvalue weighted by atomic mass is 35.5. The molecule has 1 aliphatic carbocycles. The Morgan fingerprint density at radius 1 is 1.29 bits per heavy atom. The van der Waals surface area contributed by atoms with E-state index in [1.54, 1.807) is 12.3 Å². The SMILES string of the molecule is O=C1CCCC1C1CCCCN1C(=O)c1ccncc1Cl. The van der Waals surface area contributed by atoms with Gasteiger partial charge in [0.25, 0.3) is 5.91 Å². The summed E-state index contributed by atoms with van der Waals surface area (Å²) in [6.45, 7) is 0.714.